The van der Waals surface area contributed by atoms with Crippen molar-refractivity contribution in [2.75, 3.05) is 26.2 Å². The first-order chi connectivity index (χ1) is 15.2. The minimum Gasteiger partial charge on any atom is -0.341 e. The van der Waals surface area contributed by atoms with Crippen molar-refractivity contribution in [2.45, 2.75) is 71.0 Å². The molecule has 0 bridgehead atoms. The van der Waals surface area contributed by atoms with Gasteiger partial charge in [-0.2, -0.15) is 0 Å². The minimum atomic E-state index is -0.790. The summed E-state index contributed by atoms with van der Waals surface area (Å²) >= 11 is 0. The summed E-state index contributed by atoms with van der Waals surface area (Å²) < 4.78 is 0. The fourth-order valence-electron chi connectivity index (χ4n) is 5.20. The molecule has 0 radical (unpaired) electrons. The lowest BCUT2D eigenvalue weighted by Crippen LogP contribution is -2.56. The molecular weight excluding hydrogens is 404 g/mol. The summed E-state index contributed by atoms with van der Waals surface area (Å²) in [6.07, 6.45) is 3.30. The number of carbonyl (C=O) groups is 3. The zero-order valence-electron chi connectivity index (χ0n) is 19.6. The van der Waals surface area contributed by atoms with Crippen molar-refractivity contribution < 1.29 is 14.4 Å². The molecular formula is C25H36N4O3. The van der Waals surface area contributed by atoms with Crippen molar-refractivity contribution in [2.24, 2.45) is 5.41 Å². The van der Waals surface area contributed by atoms with Crippen LogP contribution in [-0.4, -0.2) is 70.3 Å². The smallest absolute Gasteiger partial charge is 0.325 e. The molecule has 0 aromatic heterocycles. The van der Waals surface area contributed by atoms with E-state index in [9.17, 15) is 14.4 Å². The van der Waals surface area contributed by atoms with E-state index >= 15 is 0 Å². The molecule has 0 unspecified atom stereocenters. The molecule has 1 spiro atoms. The van der Waals surface area contributed by atoms with E-state index < -0.39 is 5.54 Å². The zero-order chi connectivity index (χ0) is 22.9. The average molecular weight is 441 g/mol. The highest BCUT2D eigenvalue weighted by Gasteiger charge is 2.54. The van der Waals surface area contributed by atoms with E-state index in [2.05, 4.69) is 43.1 Å². The second-order valence-electron chi connectivity index (χ2n) is 10.8. The summed E-state index contributed by atoms with van der Waals surface area (Å²) in [5.74, 6) is 0.00942. The van der Waals surface area contributed by atoms with Gasteiger partial charge in [-0.3, -0.25) is 19.4 Å². The molecule has 3 aliphatic rings. The van der Waals surface area contributed by atoms with Crippen LogP contribution in [0.25, 0.3) is 0 Å². The Morgan fingerprint density at radius 2 is 1.78 bits per heavy atom. The predicted octanol–water partition coefficient (Wildman–Crippen LogP) is 3.00. The van der Waals surface area contributed by atoms with Crippen molar-refractivity contribution in [3.05, 3.63) is 35.9 Å². The SMILES string of the molecule is CC(C)(C)CC(=O)N1CCC[C@@H](N2C(=O)NC3(CCN(Cc4ccccc4)CC3)C2=O)C1. The summed E-state index contributed by atoms with van der Waals surface area (Å²) in [4.78, 5) is 44.7. The quantitative estimate of drug-likeness (QED) is 0.731. The molecule has 3 aliphatic heterocycles. The molecule has 1 atom stereocenters. The van der Waals surface area contributed by atoms with Gasteiger partial charge in [0.25, 0.3) is 5.91 Å². The number of benzene rings is 1. The van der Waals surface area contributed by atoms with E-state index in [1.54, 1.807) is 0 Å². The van der Waals surface area contributed by atoms with Gasteiger partial charge in [0.2, 0.25) is 5.91 Å². The lowest BCUT2D eigenvalue weighted by molar-refractivity contribution is -0.140. The Labute approximate surface area is 191 Å². The first kappa shape index (κ1) is 22.8. The van der Waals surface area contributed by atoms with Crippen LogP contribution in [0.15, 0.2) is 30.3 Å². The molecule has 7 heteroatoms. The summed E-state index contributed by atoms with van der Waals surface area (Å²) in [6, 6.07) is 9.80. The number of hydrogen-bond acceptors (Lipinski definition) is 4. The van der Waals surface area contributed by atoms with E-state index in [1.807, 2.05) is 23.1 Å². The van der Waals surface area contributed by atoms with E-state index in [-0.39, 0.29) is 29.3 Å². The Hall–Kier alpha value is -2.41. The van der Waals surface area contributed by atoms with Gasteiger partial charge in [0, 0.05) is 39.1 Å². The molecule has 3 heterocycles. The normalized spacial score (nSPS) is 24.2. The van der Waals surface area contributed by atoms with Crippen molar-refractivity contribution in [3.63, 3.8) is 0 Å². The highest BCUT2D eigenvalue weighted by atomic mass is 16.2. The second kappa shape index (κ2) is 8.85. The maximum absolute atomic E-state index is 13.5. The highest BCUT2D eigenvalue weighted by Crippen LogP contribution is 2.33. The molecule has 0 saturated carbocycles. The first-order valence-corrected chi connectivity index (χ1v) is 11.9. The van der Waals surface area contributed by atoms with Gasteiger partial charge in [-0.1, -0.05) is 51.1 Å². The molecule has 1 aromatic rings. The highest BCUT2D eigenvalue weighted by molar-refractivity contribution is 6.07. The fraction of sp³-hybridized carbons (Fsp3) is 0.640. The summed E-state index contributed by atoms with van der Waals surface area (Å²) in [5.41, 5.74) is 0.388. The monoisotopic (exact) mass is 440 g/mol. The van der Waals surface area contributed by atoms with E-state index in [4.69, 9.17) is 0 Å². The third-order valence-electron chi connectivity index (χ3n) is 6.95. The van der Waals surface area contributed by atoms with Crippen LogP contribution in [0, 0.1) is 5.41 Å². The maximum atomic E-state index is 13.5. The lowest BCUT2D eigenvalue weighted by atomic mass is 9.86. The minimum absolute atomic E-state index is 0.0807. The Morgan fingerprint density at radius 1 is 1.09 bits per heavy atom. The van der Waals surface area contributed by atoms with E-state index in [0.717, 1.165) is 32.5 Å². The van der Waals surface area contributed by atoms with Crippen LogP contribution < -0.4 is 5.32 Å². The Balaban J connectivity index is 1.38. The van der Waals surface area contributed by atoms with Crippen LogP contribution in [0.2, 0.25) is 0 Å². The number of nitrogens with zero attached hydrogens (tertiary/aromatic N) is 3. The van der Waals surface area contributed by atoms with Crippen LogP contribution >= 0.6 is 0 Å². The van der Waals surface area contributed by atoms with Gasteiger partial charge in [-0.15, -0.1) is 0 Å². The van der Waals surface area contributed by atoms with Crippen molar-refractivity contribution in [1.29, 1.82) is 0 Å². The summed E-state index contributed by atoms with van der Waals surface area (Å²) in [6.45, 7) is 9.72. The Morgan fingerprint density at radius 3 is 2.44 bits per heavy atom. The van der Waals surface area contributed by atoms with Gasteiger partial charge in [0.05, 0.1) is 6.04 Å². The number of amides is 4. The zero-order valence-corrected chi connectivity index (χ0v) is 19.6. The standard InChI is InChI=1S/C25H36N4O3/c1-24(2,3)16-21(30)28-13-7-10-20(18-28)29-22(31)25(26-23(29)32)11-14-27(15-12-25)17-19-8-5-4-6-9-19/h4-6,8-9,20H,7,10-18H2,1-3H3,(H,26,32)/t20-/m1/s1. The number of imide groups is 1. The number of hydrogen-bond donors (Lipinski definition) is 1. The second-order valence-corrected chi connectivity index (χ2v) is 10.8. The average Bonchev–Trinajstić information content (AvgIpc) is 2.99. The van der Waals surface area contributed by atoms with E-state index in [0.29, 0.717) is 32.4 Å². The van der Waals surface area contributed by atoms with Gasteiger partial charge < -0.3 is 10.2 Å². The third-order valence-corrected chi connectivity index (χ3v) is 6.95. The number of nitrogens with one attached hydrogen (secondary N) is 1. The predicted molar refractivity (Wildman–Crippen MR) is 123 cm³/mol. The topological polar surface area (TPSA) is 73.0 Å². The molecule has 174 valence electrons. The molecule has 4 rings (SSSR count). The number of piperidine rings is 2. The summed E-state index contributed by atoms with van der Waals surface area (Å²) in [5, 5.41) is 3.04. The molecule has 0 aliphatic carbocycles. The largest absolute Gasteiger partial charge is 0.341 e. The molecule has 7 nitrogen and oxygen atoms in total. The molecule has 3 fully saturated rings. The fourth-order valence-corrected chi connectivity index (χ4v) is 5.20. The first-order valence-electron chi connectivity index (χ1n) is 11.9. The van der Waals surface area contributed by atoms with Gasteiger partial charge in [-0.05, 0) is 36.7 Å². The molecule has 3 saturated heterocycles. The molecule has 1 aromatic carbocycles. The van der Waals surface area contributed by atoms with Crippen LogP contribution in [0.4, 0.5) is 4.79 Å². The van der Waals surface area contributed by atoms with E-state index in [1.165, 1.54) is 10.5 Å². The number of rotatable bonds is 4. The van der Waals surface area contributed by atoms with Crippen LogP contribution in [0.1, 0.15) is 58.4 Å². The van der Waals surface area contributed by atoms with Gasteiger partial charge in [-0.25, -0.2) is 4.79 Å². The van der Waals surface area contributed by atoms with Crippen molar-refractivity contribution >= 4 is 17.8 Å². The Bertz CT molecular complexity index is 856. The molecule has 32 heavy (non-hydrogen) atoms. The van der Waals surface area contributed by atoms with Gasteiger partial charge in [0.1, 0.15) is 5.54 Å². The van der Waals surface area contributed by atoms with Crippen LogP contribution in [0.3, 0.4) is 0 Å². The van der Waals surface area contributed by atoms with Crippen molar-refractivity contribution in [1.82, 2.24) is 20.0 Å². The van der Waals surface area contributed by atoms with Crippen LogP contribution in [0.5, 0.6) is 0 Å². The maximum Gasteiger partial charge on any atom is 0.325 e. The molecule has 1 N–H and O–H groups in total. The number of carbonyl (C=O) groups excluding carboxylic acids is 3. The third kappa shape index (κ3) is 4.82. The Kier molecular flexibility index (Phi) is 6.30. The number of urea groups is 1. The van der Waals surface area contributed by atoms with Gasteiger partial charge >= 0.3 is 6.03 Å². The number of likely N-dealkylation sites (tertiary alicyclic amines) is 2. The summed E-state index contributed by atoms with van der Waals surface area (Å²) in [7, 11) is 0. The van der Waals surface area contributed by atoms with Crippen LogP contribution in [-0.2, 0) is 16.1 Å². The van der Waals surface area contributed by atoms with Crippen molar-refractivity contribution in [3.8, 4) is 0 Å². The molecule has 4 amide bonds. The lowest BCUT2D eigenvalue weighted by Gasteiger charge is -2.39. The van der Waals surface area contributed by atoms with Gasteiger partial charge in [0.15, 0.2) is 0 Å².